The average Bonchev–Trinajstić information content (AvgIpc) is 2.84. The summed E-state index contributed by atoms with van der Waals surface area (Å²) in [6.07, 6.45) is 1.50. The SMILES string of the molecule is CC(=O)c1c[nH]n2c(=O)cc(-c3ccccc3)nc12. The highest BCUT2D eigenvalue weighted by molar-refractivity contribution is 5.99. The number of hydrogen-bond acceptors (Lipinski definition) is 3. The van der Waals surface area contributed by atoms with Gasteiger partial charge in [-0.15, -0.1) is 0 Å². The van der Waals surface area contributed by atoms with Crippen molar-refractivity contribution in [2.24, 2.45) is 0 Å². The van der Waals surface area contributed by atoms with Gasteiger partial charge in [0.2, 0.25) is 0 Å². The summed E-state index contributed by atoms with van der Waals surface area (Å²) in [5.41, 5.74) is 1.94. The fourth-order valence-electron chi connectivity index (χ4n) is 2.00. The van der Waals surface area contributed by atoms with Crippen molar-refractivity contribution in [2.45, 2.75) is 6.92 Å². The molecule has 0 saturated heterocycles. The van der Waals surface area contributed by atoms with Crippen LogP contribution in [0, 0.1) is 0 Å². The zero-order valence-electron chi connectivity index (χ0n) is 10.3. The molecule has 3 aromatic rings. The van der Waals surface area contributed by atoms with Crippen LogP contribution < -0.4 is 5.56 Å². The molecule has 0 bridgehead atoms. The summed E-state index contributed by atoms with van der Waals surface area (Å²) in [6.45, 7) is 1.45. The fourth-order valence-corrected chi connectivity index (χ4v) is 2.00. The number of carbonyl (C=O) groups excluding carboxylic acids is 1. The summed E-state index contributed by atoms with van der Waals surface area (Å²) in [5.74, 6) is -0.129. The van der Waals surface area contributed by atoms with E-state index in [1.54, 1.807) is 0 Å². The number of nitrogens with zero attached hydrogens (tertiary/aromatic N) is 2. The highest BCUT2D eigenvalue weighted by atomic mass is 16.1. The maximum atomic E-state index is 12.0. The van der Waals surface area contributed by atoms with Gasteiger partial charge in [-0.25, -0.2) is 9.50 Å². The third-order valence-corrected chi connectivity index (χ3v) is 2.95. The Kier molecular flexibility index (Phi) is 2.52. The molecular formula is C14H11N3O2. The standard InChI is InChI=1S/C14H11N3O2/c1-9(18)11-8-15-17-13(19)7-12(16-14(11)17)10-5-3-2-4-6-10/h2-8,15H,1H3. The molecule has 3 rings (SSSR count). The lowest BCUT2D eigenvalue weighted by atomic mass is 10.1. The van der Waals surface area contributed by atoms with E-state index in [1.807, 2.05) is 30.3 Å². The fraction of sp³-hybridized carbons (Fsp3) is 0.0714. The molecule has 0 unspecified atom stereocenters. The van der Waals surface area contributed by atoms with Crippen molar-refractivity contribution in [3.05, 3.63) is 58.5 Å². The predicted molar refractivity (Wildman–Crippen MR) is 71.3 cm³/mol. The second-order valence-corrected chi connectivity index (χ2v) is 4.25. The summed E-state index contributed by atoms with van der Waals surface area (Å²) in [6, 6.07) is 10.8. The van der Waals surface area contributed by atoms with E-state index in [1.165, 1.54) is 23.7 Å². The Hall–Kier alpha value is -2.69. The van der Waals surface area contributed by atoms with Crippen LogP contribution in [0.3, 0.4) is 0 Å². The van der Waals surface area contributed by atoms with E-state index in [9.17, 15) is 9.59 Å². The second-order valence-electron chi connectivity index (χ2n) is 4.25. The monoisotopic (exact) mass is 253 g/mol. The van der Waals surface area contributed by atoms with Gasteiger partial charge in [0.15, 0.2) is 11.4 Å². The molecule has 2 aromatic heterocycles. The summed E-state index contributed by atoms with van der Waals surface area (Å²) in [4.78, 5) is 27.9. The Bertz CT molecular complexity index is 816. The van der Waals surface area contributed by atoms with Gasteiger partial charge in [0, 0.05) is 17.8 Å². The van der Waals surface area contributed by atoms with Crippen LogP contribution in [0.1, 0.15) is 17.3 Å². The number of benzene rings is 1. The molecular weight excluding hydrogens is 242 g/mol. The molecule has 0 radical (unpaired) electrons. The Morgan fingerprint density at radius 1 is 1.26 bits per heavy atom. The number of nitrogens with one attached hydrogen (secondary N) is 1. The number of hydrogen-bond donors (Lipinski definition) is 1. The van der Waals surface area contributed by atoms with Crippen molar-refractivity contribution in [2.75, 3.05) is 0 Å². The molecule has 0 aliphatic heterocycles. The number of ketones is 1. The van der Waals surface area contributed by atoms with Crippen LogP contribution in [-0.4, -0.2) is 20.4 Å². The number of fused-ring (bicyclic) bond motifs is 1. The molecule has 2 heterocycles. The van der Waals surface area contributed by atoms with E-state index < -0.39 is 0 Å². The third-order valence-electron chi connectivity index (χ3n) is 2.95. The highest BCUT2D eigenvalue weighted by Gasteiger charge is 2.12. The minimum absolute atomic E-state index is 0.129. The van der Waals surface area contributed by atoms with Gasteiger partial charge in [0.25, 0.3) is 5.56 Å². The Morgan fingerprint density at radius 3 is 2.68 bits per heavy atom. The van der Waals surface area contributed by atoms with Crippen molar-refractivity contribution in [3.63, 3.8) is 0 Å². The van der Waals surface area contributed by atoms with Crippen molar-refractivity contribution < 1.29 is 4.79 Å². The van der Waals surface area contributed by atoms with Crippen LogP contribution in [0.25, 0.3) is 16.9 Å². The zero-order chi connectivity index (χ0) is 13.4. The van der Waals surface area contributed by atoms with Gasteiger partial charge < -0.3 is 0 Å². The maximum Gasteiger partial charge on any atom is 0.273 e. The number of rotatable bonds is 2. The molecule has 5 nitrogen and oxygen atoms in total. The van der Waals surface area contributed by atoms with Crippen molar-refractivity contribution in [3.8, 4) is 11.3 Å². The summed E-state index contributed by atoms with van der Waals surface area (Å²) in [5, 5.41) is 2.74. The van der Waals surface area contributed by atoms with Crippen molar-refractivity contribution in [1.29, 1.82) is 0 Å². The van der Waals surface area contributed by atoms with Crippen LogP contribution in [0.4, 0.5) is 0 Å². The number of H-pyrrole nitrogens is 1. The van der Waals surface area contributed by atoms with Gasteiger partial charge in [-0.3, -0.25) is 14.7 Å². The first-order chi connectivity index (χ1) is 9.16. The summed E-state index contributed by atoms with van der Waals surface area (Å²) >= 11 is 0. The summed E-state index contributed by atoms with van der Waals surface area (Å²) in [7, 11) is 0. The normalized spacial score (nSPS) is 10.8. The topological polar surface area (TPSA) is 67.2 Å². The van der Waals surface area contributed by atoms with E-state index in [-0.39, 0.29) is 11.3 Å². The number of aromatic nitrogens is 3. The summed E-state index contributed by atoms with van der Waals surface area (Å²) < 4.78 is 1.27. The van der Waals surface area contributed by atoms with Crippen LogP contribution in [0.5, 0.6) is 0 Å². The molecule has 0 aliphatic carbocycles. The van der Waals surface area contributed by atoms with Gasteiger partial charge >= 0.3 is 0 Å². The minimum Gasteiger partial charge on any atom is -0.296 e. The first-order valence-corrected chi connectivity index (χ1v) is 5.84. The van der Waals surface area contributed by atoms with Crippen LogP contribution in [0.15, 0.2) is 47.4 Å². The molecule has 1 aromatic carbocycles. The largest absolute Gasteiger partial charge is 0.296 e. The first kappa shape index (κ1) is 11.4. The lowest BCUT2D eigenvalue weighted by Gasteiger charge is -2.01. The number of carbonyl (C=O) groups is 1. The molecule has 0 amide bonds. The molecule has 0 saturated carbocycles. The van der Waals surface area contributed by atoms with Crippen molar-refractivity contribution in [1.82, 2.24) is 14.6 Å². The van der Waals surface area contributed by atoms with Gasteiger partial charge in [0.05, 0.1) is 11.3 Å². The lowest BCUT2D eigenvalue weighted by molar-refractivity contribution is 0.101. The lowest BCUT2D eigenvalue weighted by Crippen LogP contribution is -2.14. The molecule has 1 N–H and O–H groups in total. The second kappa shape index (κ2) is 4.20. The minimum atomic E-state index is -0.239. The van der Waals surface area contributed by atoms with Crippen LogP contribution in [-0.2, 0) is 0 Å². The van der Waals surface area contributed by atoms with E-state index in [0.717, 1.165) is 5.56 Å². The molecule has 0 fully saturated rings. The van der Waals surface area contributed by atoms with E-state index >= 15 is 0 Å². The number of Topliss-reactive ketones (excluding diaryl/α,β-unsaturated/α-hetero) is 1. The predicted octanol–water partition coefficient (Wildman–Crippen LogP) is 1.89. The van der Waals surface area contributed by atoms with Gasteiger partial charge in [-0.2, -0.15) is 0 Å². The van der Waals surface area contributed by atoms with Gasteiger partial charge in [-0.1, -0.05) is 30.3 Å². The first-order valence-electron chi connectivity index (χ1n) is 5.84. The van der Waals surface area contributed by atoms with Crippen molar-refractivity contribution >= 4 is 11.4 Å². The van der Waals surface area contributed by atoms with Gasteiger partial charge in [-0.05, 0) is 6.92 Å². The molecule has 0 atom stereocenters. The molecule has 0 aliphatic rings. The molecule has 5 heteroatoms. The Balaban J connectivity index is 2.32. The molecule has 0 spiro atoms. The van der Waals surface area contributed by atoms with E-state index in [2.05, 4.69) is 10.1 Å². The van der Waals surface area contributed by atoms with Gasteiger partial charge in [0.1, 0.15) is 0 Å². The highest BCUT2D eigenvalue weighted by Crippen LogP contribution is 2.16. The quantitative estimate of drug-likeness (QED) is 0.709. The maximum absolute atomic E-state index is 12.0. The molecule has 94 valence electrons. The van der Waals surface area contributed by atoms with E-state index in [0.29, 0.717) is 16.9 Å². The zero-order valence-corrected chi connectivity index (χ0v) is 10.3. The third kappa shape index (κ3) is 1.85. The average molecular weight is 253 g/mol. The smallest absolute Gasteiger partial charge is 0.273 e. The van der Waals surface area contributed by atoms with E-state index in [4.69, 9.17) is 0 Å². The van der Waals surface area contributed by atoms with Crippen LogP contribution >= 0.6 is 0 Å². The Morgan fingerprint density at radius 2 is 2.00 bits per heavy atom. The molecule has 19 heavy (non-hydrogen) atoms. The Labute approximate surface area is 108 Å². The number of aromatic amines is 1. The van der Waals surface area contributed by atoms with Crippen LogP contribution in [0.2, 0.25) is 0 Å².